The third-order valence-corrected chi connectivity index (χ3v) is 8.78. The van der Waals surface area contributed by atoms with Crippen LogP contribution in [0.25, 0.3) is 17.0 Å². The maximum Gasteiger partial charge on any atom is 0.341 e. The maximum absolute atomic E-state index is 12.9. The third kappa shape index (κ3) is 6.39. The van der Waals surface area contributed by atoms with Gasteiger partial charge in [-0.15, -0.1) is 0 Å². The highest BCUT2D eigenvalue weighted by Crippen LogP contribution is 2.36. The van der Waals surface area contributed by atoms with Gasteiger partial charge in [0.05, 0.1) is 46.6 Å². The Labute approximate surface area is 257 Å². The van der Waals surface area contributed by atoms with Crippen LogP contribution in [-0.2, 0) is 19.1 Å². The SMILES string of the molecule is CCOC(=O)c1cnc2ccc(/C=C3\SC(=Nc4cc(NC(=O)C5CCC5)ccc4Cl)NC3=O)cc2c1N1CCOCC1. The zero-order chi connectivity index (χ0) is 29.9. The van der Waals surface area contributed by atoms with E-state index >= 15 is 0 Å². The number of ether oxygens (including phenoxy) is 2. The fraction of sp³-hybridized carbons (Fsp3) is 0.323. The van der Waals surface area contributed by atoms with Gasteiger partial charge in [-0.05, 0) is 73.5 Å². The maximum atomic E-state index is 12.9. The van der Waals surface area contributed by atoms with Crippen LogP contribution in [0.15, 0.2) is 52.5 Å². The molecule has 3 heterocycles. The van der Waals surface area contributed by atoms with Crippen molar-refractivity contribution in [3.63, 3.8) is 0 Å². The molecule has 1 aromatic heterocycles. The number of pyridine rings is 1. The molecule has 0 unspecified atom stereocenters. The Hall–Kier alpha value is -3.93. The first-order valence-electron chi connectivity index (χ1n) is 14.2. The van der Waals surface area contributed by atoms with Crippen LogP contribution in [0, 0.1) is 5.92 Å². The molecular weight excluding hydrogens is 590 g/mol. The minimum atomic E-state index is -0.431. The number of aromatic nitrogens is 1. The lowest BCUT2D eigenvalue weighted by atomic mass is 9.85. The molecule has 2 amide bonds. The molecule has 222 valence electrons. The van der Waals surface area contributed by atoms with E-state index in [1.54, 1.807) is 37.4 Å². The van der Waals surface area contributed by atoms with Crippen molar-refractivity contribution in [2.75, 3.05) is 43.1 Å². The average Bonchev–Trinajstić information content (AvgIpc) is 3.31. The van der Waals surface area contributed by atoms with Crippen molar-refractivity contribution in [2.24, 2.45) is 10.9 Å². The standard InChI is InChI=1S/C31H30ClN5O5S/c1-2-42-30(40)22-17-33-24-9-6-18(14-21(24)27(22)37-10-12-41-13-11-37)15-26-29(39)36-31(43-26)35-25-16-20(7-8-23(25)32)34-28(38)19-4-3-5-19/h6-9,14-17,19H,2-5,10-13H2,1H3,(H,34,38)(H,35,36,39)/b26-15-. The monoisotopic (exact) mass is 619 g/mol. The van der Waals surface area contributed by atoms with Gasteiger partial charge in [-0.25, -0.2) is 9.79 Å². The van der Waals surface area contributed by atoms with Crippen molar-refractivity contribution in [1.29, 1.82) is 0 Å². The number of amides is 2. The number of morpholine rings is 1. The molecule has 3 aromatic rings. The van der Waals surface area contributed by atoms with Crippen LogP contribution in [0.1, 0.15) is 42.1 Å². The Morgan fingerprint density at radius 1 is 1.23 bits per heavy atom. The number of benzene rings is 2. The molecule has 3 aliphatic rings. The molecule has 12 heteroatoms. The summed E-state index contributed by atoms with van der Waals surface area (Å²) in [5.41, 5.74) is 3.68. The number of carbonyl (C=O) groups excluding carboxylic acids is 3. The largest absolute Gasteiger partial charge is 0.462 e. The second kappa shape index (κ2) is 12.7. The predicted molar refractivity (Wildman–Crippen MR) is 169 cm³/mol. The van der Waals surface area contributed by atoms with Crippen LogP contribution in [0.5, 0.6) is 0 Å². The van der Waals surface area contributed by atoms with E-state index in [2.05, 4.69) is 25.5 Å². The number of thioether (sulfide) groups is 1. The Morgan fingerprint density at radius 2 is 2.05 bits per heavy atom. The van der Waals surface area contributed by atoms with E-state index in [1.807, 2.05) is 18.2 Å². The molecule has 2 saturated heterocycles. The molecule has 1 saturated carbocycles. The number of carbonyl (C=O) groups is 3. The van der Waals surface area contributed by atoms with E-state index < -0.39 is 5.97 Å². The molecule has 0 radical (unpaired) electrons. The number of anilines is 2. The first kappa shape index (κ1) is 29.2. The summed E-state index contributed by atoms with van der Waals surface area (Å²) in [7, 11) is 0. The Balaban J connectivity index is 1.28. The summed E-state index contributed by atoms with van der Waals surface area (Å²) in [6, 6.07) is 10.8. The highest BCUT2D eigenvalue weighted by Gasteiger charge is 2.27. The average molecular weight is 620 g/mol. The van der Waals surface area contributed by atoms with E-state index in [4.69, 9.17) is 21.1 Å². The molecule has 2 aliphatic heterocycles. The summed E-state index contributed by atoms with van der Waals surface area (Å²) in [5.74, 6) is -0.673. The molecule has 6 rings (SSSR count). The molecule has 0 spiro atoms. The summed E-state index contributed by atoms with van der Waals surface area (Å²) in [5, 5.41) is 7.29. The van der Waals surface area contributed by atoms with Gasteiger partial charge in [-0.3, -0.25) is 14.6 Å². The molecule has 0 atom stereocenters. The van der Waals surface area contributed by atoms with Gasteiger partial charge in [0.25, 0.3) is 5.91 Å². The number of esters is 1. The first-order valence-corrected chi connectivity index (χ1v) is 15.4. The highest BCUT2D eigenvalue weighted by atomic mass is 35.5. The molecule has 10 nitrogen and oxygen atoms in total. The third-order valence-electron chi connectivity index (χ3n) is 7.55. The molecule has 1 aliphatic carbocycles. The summed E-state index contributed by atoms with van der Waals surface area (Å²) >= 11 is 7.59. The lowest BCUT2D eigenvalue weighted by Gasteiger charge is -2.31. The molecule has 43 heavy (non-hydrogen) atoms. The Bertz CT molecular complexity index is 1670. The van der Waals surface area contributed by atoms with Gasteiger partial charge in [0.15, 0.2) is 5.17 Å². The number of aliphatic imine (C=N–C) groups is 1. The fourth-order valence-electron chi connectivity index (χ4n) is 5.10. The second-order valence-corrected chi connectivity index (χ2v) is 11.8. The van der Waals surface area contributed by atoms with Crippen molar-refractivity contribution in [3.8, 4) is 0 Å². The van der Waals surface area contributed by atoms with Gasteiger partial charge in [0, 0.05) is 36.3 Å². The van der Waals surface area contributed by atoms with Crippen molar-refractivity contribution in [1.82, 2.24) is 10.3 Å². The van der Waals surface area contributed by atoms with Gasteiger partial charge >= 0.3 is 5.97 Å². The van der Waals surface area contributed by atoms with Gasteiger partial charge in [-0.2, -0.15) is 0 Å². The molecule has 2 N–H and O–H groups in total. The van der Waals surface area contributed by atoms with Crippen molar-refractivity contribution in [2.45, 2.75) is 26.2 Å². The van der Waals surface area contributed by atoms with E-state index in [0.29, 0.717) is 58.3 Å². The number of rotatable bonds is 7. The van der Waals surface area contributed by atoms with E-state index in [0.717, 1.165) is 41.4 Å². The van der Waals surface area contributed by atoms with Gasteiger partial charge < -0.3 is 25.0 Å². The number of amidine groups is 1. The number of nitrogens with one attached hydrogen (secondary N) is 2. The number of nitrogens with zero attached hydrogens (tertiary/aromatic N) is 3. The summed E-state index contributed by atoms with van der Waals surface area (Å²) in [4.78, 5) is 49.8. The first-order chi connectivity index (χ1) is 20.9. The van der Waals surface area contributed by atoms with Crippen molar-refractivity contribution in [3.05, 3.63) is 63.6 Å². The summed E-state index contributed by atoms with van der Waals surface area (Å²) < 4.78 is 10.9. The summed E-state index contributed by atoms with van der Waals surface area (Å²) in [6.07, 6.45) is 6.22. The molecule has 0 bridgehead atoms. The van der Waals surface area contributed by atoms with Crippen molar-refractivity contribution < 1.29 is 23.9 Å². The summed E-state index contributed by atoms with van der Waals surface area (Å²) in [6.45, 7) is 4.38. The van der Waals surface area contributed by atoms with E-state index in [9.17, 15) is 14.4 Å². The number of halogens is 1. The van der Waals surface area contributed by atoms with E-state index in [-0.39, 0.29) is 24.3 Å². The van der Waals surface area contributed by atoms with Crippen LogP contribution in [-0.4, -0.2) is 60.8 Å². The van der Waals surface area contributed by atoms with Crippen LogP contribution < -0.4 is 15.5 Å². The minimum absolute atomic E-state index is 0.00215. The van der Waals surface area contributed by atoms with Gasteiger partial charge in [0.2, 0.25) is 5.91 Å². The molecular formula is C31H30ClN5O5S. The second-order valence-electron chi connectivity index (χ2n) is 10.4. The Morgan fingerprint density at radius 3 is 2.79 bits per heavy atom. The normalized spacial score (nSPS) is 19.0. The lowest BCUT2D eigenvalue weighted by molar-refractivity contribution is -0.122. The van der Waals surface area contributed by atoms with Crippen LogP contribution in [0.2, 0.25) is 5.02 Å². The number of hydrogen-bond donors (Lipinski definition) is 2. The van der Waals surface area contributed by atoms with Gasteiger partial charge in [0.1, 0.15) is 5.56 Å². The van der Waals surface area contributed by atoms with Crippen molar-refractivity contribution >= 4 is 80.4 Å². The highest BCUT2D eigenvalue weighted by molar-refractivity contribution is 8.18. The molecule has 3 fully saturated rings. The number of hydrogen-bond acceptors (Lipinski definition) is 9. The Kier molecular flexibility index (Phi) is 8.64. The van der Waals surface area contributed by atoms with Crippen LogP contribution >= 0.6 is 23.4 Å². The minimum Gasteiger partial charge on any atom is -0.462 e. The van der Waals surface area contributed by atoms with E-state index in [1.165, 1.54) is 11.8 Å². The van der Waals surface area contributed by atoms with Crippen LogP contribution in [0.3, 0.4) is 0 Å². The number of fused-ring (bicyclic) bond motifs is 1. The van der Waals surface area contributed by atoms with Gasteiger partial charge in [-0.1, -0.05) is 24.1 Å². The van der Waals surface area contributed by atoms with Crippen LogP contribution in [0.4, 0.5) is 17.1 Å². The lowest BCUT2D eigenvalue weighted by Crippen LogP contribution is -2.37. The molecule has 2 aromatic carbocycles. The smallest absolute Gasteiger partial charge is 0.341 e. The quantitative estimate of drug-likeness (QED) is 0.261. The predicted octanol–water partition coefficient (Wildman–Crippen LogP) is 5.53. The topological polar surface area (TPSA) is 122 Å². The zero-order valence-corrected chi connectivity index (χ0v) is 25.1. The zero-order valence-electron chi connectivity index (χ0n) is 23.5. The fourth-order valence-corrected chi connectivity index (χ4v) is 6.10.